The molecule has 0 fully saturated rings. The molecule has 1 atom stereocenters. The van der Waals surface area contributed by atoms with E-state index in [1.54, 1.807) is 30.8 Å². The van der Waals surface area contributed by atoms with Crippen molar-refractivity contribution in [3.05, 3.63) is 29.3 Å². The molecule has 0 aliphatic carbocycles. The highest BCUT2D eigenvalue weighted by molar-refractivity contribution is 7.99. The molecule has 4 nitrogen and oxygen atoms in total. The van der Waals surface area contributed by atoms with Gasteiger partial charge in [-0.1, -0.05) is 19.1 Å². The number of thioether (sulfide) groups is 1. The molecule has 1 rings (SSSR count). The van der Waals surface area contributed by atoms with Crippen molar-refractivity contribution in [2.45, 2.75) is 38.3 Å². The van der Waals surface area contributed by atoms with Crippen molar-refractivity contribution in [1.29, 1.82) is 0 Å². The zero-order chi connectivity index (χ0) is 14.5. The normalized spacial score (nSPS) is 13.5. The van der Waals surface area contributed by atoms with Crippen LogP contribution in [-0.2, 0) is 16.6 Å². The molecule has 0 saturated carbocycles. The minimum absolute atomic E-state index is 0.0871. The van der Waals surface area contributed by atoms with Crippen molar-refractivity contribution in [2.24, 2.45) is 5.73 Å². The van der Waals surface area contributed by atoms with Crippen LogP contribution in [0.5, 0.6) is 0 Å². The fourth-order valence-corrected chi connectivity index (χ4v) is 4.03. The van der Waals surface area contributed by atoms with Gasteiger partial charge in [0.15, 0.2) is 0 Å². The standard InChI is InChI=1S/C13H22N2O2S2/c1-4-18-9-11(3)15-19(16,17)13-7-12(8-14)6-5-10(13)2/h5-7,11,15H,4,8-9,14H2,1-3H3. The van der Waals surface area contributed by atoms with Gasteiger partial charge in [-0.3, -0.25) is 0 Å². The molecule has 0 saturated heterocycles. The summed E-state index contributed by atoms with van der Waals surface area (Å²) in [5.41, 5.74) is 7.12. The fourth-order valence-electron chi connectivity index (χ4n) is 1.72. The van der Waals surface area contributed by atoms with Crippen molar-refractivity contribution < 1.29 is 8.42 Å². The number of nitrogens with one attached hydrogen (secondary N) is 1. The van der Waals surface area contributed by atoms with Crippen LogP contribution in [0.1, 0.15) is 25.0 Å². The lowest BCUT2D eigenvalue weighted by molar-refractivity contribution is 0.570. The van der Waals surface area contributed by atoms with Crippen LogP contribution in [0, 0.1) is 6.92 Å². The molecule has 0 radical (unpaired) electrons. The van der Waals surface area contributed by atoms with E-state index >= 15 is 0 Å². The lowest BCUT2D eigenvalue weighted by Crippen LogP contribution is -2.34. The summed E-state index contributed by atoms with van der Waals surface area (Å²) in [5, 5.41) is 0. The number of sulfonamides is 1. The van der Waals surface area contributed by atoms with E-state index in [4.69, 9.17) is 5.73 Å². The van der Waals surface area contributed by atoms with Crippen molar-refractivity contribution in [3.8, 4) is 0 Å². The van der Waals surface area contributed by atoms with E-state index in [1.165, 1.54) is 0 Å². The van der Waals surface area contributed by atoms with E-state index in [0.29, 0.717) is 11.4 Å². The molecule has 0 aliphatic rings. The molecule has 3 N–H and O–H groups in total. The van der Waals surface area contributed by atoms with Gasteiger partial charge in [-0.05, 0) is 36.8 Å². The maximum Gasteiger partial charge on any atom is 0.241 e. The Morgan fingerprint density at radius 1 is 1.42 bits per heavy atom. The zero-order valence-corrected chi connectivity index (χ0v) is 13.3. The highest BCUT2D eigenvalue weighted by Crippen LogP contribution is 2.17. The Morgan fingerprint density at radius 3 is 2.68 bits per heavy atom. The van der Waals surface area contributed by atoms with E-state index in [0.717, 1.165) is 22.6 Å². The maximum atomic E-state index is 12.3. The van der Waals surface area contributed by atoms with E-state index in [2.05, 4.69) is 11.6 Å². The molecule has 6 heteroatoms. The Balaban J connectivity index is 2.93. The van der Waals surface area contributed by atoms with Crippen molar-refractivity contribution in [3.63, 3.8) is 0 Å². The molecule has 0 aromatic heterocycles. The van der Waals surface area contributed by atoms with Gasteiger partial charge in [0.05, 0.1) is 4.90 Å². The van der Waals surface area contributed by atoms with Crippen LogP contribution in [0.15, 0.2) is 23.1 Å². The summed E-state index contributed by atoms with van der Waals surface area (Å²) in [6.45, 7) is 6.06. The van der Waals surface area contributed by atoms with Crippen LogP contribution >= 0.6 is 11.8 Å². The third kappa shape index (κ3) is 4.80. The summed E-state index contributed by atoms with van der Waals surface area (Å²) in [7, 11) is -3.47. The van der Waals surface area contributed by atoms with Gasteiger partial charge in [0, 0.05) is 18.3 Å². The Labute approximate surface area is 120 Å². The summed E-state index contributed by atoms with van der Waals surface area (Å²) < 4.78 is 27.4. The van der Waals surface area contributed by atoms with Gasteiger partial charge in [-0.2, -0.15) is 11.8 Å². The third-order valence-corrected chi connectivity index (χ3v) is 5.58. The molecular formula is C13H22N2O2S2. The molecule has 0 bridgehead atoms. The molecule has 0 heterocycles. The van der Waals surface area contributed by atoms with Crippen molar-refractivity contribution in [1.82, 2.24) is 4.72 Å². The second-order valence-corrected chi connectivity index (χ2v) is 7.49. The summed E-state index contributed by atoms with van der Waals surface area (Å²) in [6, 6.07) is 5.21. The topological polar surface area (TPSA) is 72.2 Å². The molecule has 0 spiro atoms. The summed E-state index contributed by atoms with van der Waals surface area (Å²) >= 11 is 1.72. The quantitative estimate of drug-likeness (QED) is 0.806. The molecule has 1 unspecified atom stereocenters. The van der Waals surface area contributed by atoms with Crippen LogP contribution in [0.3, 0.4) is 0 Å². The molecule has 1 aromatic carbocycles. The number of hydrogen-bond acceptors (Lipinski definition) is 4. The third-order valence-electron chi connectivity index (χ3n) is 2.71. The van der Waals surface area contributed by atoms with Crippen LogP contribution < -0.4 is 10.5 Å². The van der Waals surface area contributed by atoms with Gasteiger partial charge in [0.2, 0.25) is 10.0 Å². The van der Waals surface area contributed by atoms with Crippen LogP contribution in [0.25, 0.3) is 0 Å². The number of rotatable bonds is 7. The first kappa shape index (κ1) is 16.5. The second kappa shape index (κ2) is 7.28. The van der Waals surface area contributed by atoms with Gasteiger partial charge < -0.3 is 5.73 Å². The minimum Gasteiger partial charge on any atom is -0.326 e. The molecular weight excluding hydrogens is 280 g/mol. The highest BCUT2D eigenvalue weighted by Gasteiger charge is 2.19. The average molecular weight is 302 g/mol. The number of aryl methyl sites for hydroxylation is 1. The van der Waals surface area contributed by atoms with Gasteiger partial charge in [0.25, 0.3) is 0 Å². The highest BCUT2D eigenvalue weighted by atomic mass is 32.2. The average Bonchev–Trinajstić information content (AvgIpc) is 2.36. The minimum atomic E-state index is -3.47. The van der Waals surface area contributed by atoms with Crippen LogP contribution in [0.2, 0.25) is 0 Å². The fraction of sp³-hybridized carbons (Fsp3) is 0.538. The first-order valence-electron chi connectivity index (χ1n) is 6.30. The first-order chi connectivity index (χ1) is 8.90. The molecule has 19 heavy (non-hydrogen) atoms. The van der Waals surface area contributed by atoms with Crippen molar-refractivity contribution in [2.75, 3.05) is 11.5 Å². The predicted octanol–water partition coefficient (Wildman–Crippen LogP) is 1.87. The van der Waals surface area contributed by atoms with E-state index < -0.39 is 10.0 Å². The molecule has 108 valence electrons. The largest absolute Gasteiger partial charge is 0.326 e. The molecule has 0 aliphatic heterocycles. The van der Waals surface area contributed by atoms with Gasteiger partial charge in [-0.25, -0.2) is 13.1 Å². The lowest BCUT2D eigenvalue weighted by atomic mass is 10.1. The smallest absolute Gasteiger partial charge is 0.241 e. The van der Waals surface area contributed by atoms with Gasteiger partial charge >= 0.3 is 0 Å². The van der Waals surface area contributed by atoms with Crippen LogP contribution in [0.4, 0.5) is 0 Å². The van der Waals surface area contributed by atoms with Crippen molar-refractivity contribution >= 4 is 21.8 Å². The second-order valence-electron chi connectivity index (χ2n) is 4.49. The predicted molar refractivity (Wildman–Crippen MR) is 81.9 cm³/mol. The van der Waals surface area contributed by atoms with E-state index in [1.807, 2.05) is 13.0 Å². The van der Waals surface area contributed by atoms with Gasteiger partial charge in [-0.15, -0.1) is 0 Å². The van der Waals surface area contributed by atoms with E-state index in [9.17, 15) is 8.42 Å². The first-order valence-corrected chi connectivity index (χ1v) is 8.94. The Morgan fingerprint density at radius 2 is 2.11 bits per heavy atom. The summed E-state index contributed by atoms with van der Waals surface area (Å²) in [5.74, 6) is 1.75. The van der Waals surface area contributed by atoms with Gasteiger partial charge in [0.1, 0.15) is 0 Å². The van der Waals surface area contributed by atoms with Crippen LogP contribution in [-0.4, -0.2) is 26.0 Å². The Hall–Kier alpha value is -0.560. The lowest BCUT2D eigenvalue weighted by Gasteiger charge is -2.15. The zero-order valence-electron chi connectivity index (χ0n) is 11.6. The number of hydrogen-bond donors (Lipinski definition) is 2. The number of benzene rings is 1. The monoisotopic (exact) mass is 302 g/mol. The molecule has 1 aromatic rings. The molecule has 0 amide bonds. The summed E-state index contributed by atoms with van der Waals surface area (Å²) in [4.78, 5) is 0.323. The number of nitrogens with two attached hydrogens (primary N) is 1. The maximum absolute atomic E-state index is 12.3. The Bertz CT molecular complexity index is 515. The van der Waals surface area contributed by atoms with E-state index in [-0.39, 0.29) is 6.04 Å². The Kier molecular flexibility index (Phi) is 6.32. The SMILES string of the molecule is CCSCC(C)NS(=O)(=O)c1cc(CN)ccc1C. The summed E-state index contributed by atoms with van der Waals surface area (Å²) in [6.07, 6.45) is 0.